The Morgan fingerprint density at radius 2 is 1.63 bits per heavy atom. The number of primary amides is 2. The van der Waals surface area contributed by atoms with Crippen LogP contribution in [-0.2, 0) is 14.4 Å². The van der Waals surface area contributed by atoms with Gasteiger partial charge in [0.05, 0.1) is 19.0 Å². The Morgan fingerprint density at radius 3 is 2.11 bits per heavy atom. The van der Waals surface area contributed by atoms with Crippen LogP contribution in [0.2, 0.25) is 0 Å². The van der Waals surface area contributed by atoms with Gasteiger partial charge in [0.15, 0.2) is 0 Å². The summed E-state index contributed by atoms with van der Waals surface area (Å²) in [6.07, 6.45) is 2.56. The lowest BCUT2D eigenvalue weighted by Gasteiger charge is -2.35. The Labute approximate surface area is 112 Å². The van der Waals surface area contributed by atoms with Crippen molar-refractivity contribution in [2.75, 3.05) is 13.1 Å². The maximum absolute atomic E-state index is 12.4. The minimum Gasteiger partial charge on any atom is -0.368 e. The number of carbonyl (C=O) groups is 3. The highest BCUT2D eigenvalue weighted by Crippen LogP contribution is 2.29. The molecule has 3 atom stereocenters. The van der Waals surface area contributed by atoms with Crippen LogP contribution in [0.5, 0.6) is 0 Å². The van der Waals surface area contributed by atoms with Crippen LogP contribution >= 0.6 is 0 Å². The number of amides is 3. The molecule has 6 N–H and O–H groups in total. The summed E-state index contributed by atoms with van der Waals surface area (Å²) >= 11 is 0. The zero-order valence-corrected chi connectivity index (χ0v) is 11.2. The summed E-state index contributed by atoms with van der Waals surface area (Å²) in [5.41, 5.74) is 16.2. The van der Waals surface area contributed by atoms with Gasteiger partial charge in [-0.15, -0.1) is 0 Å². The van der Waals surface area contributed by atoms with Gasteiger partial charge in [-0.1, -0.05) is 13.3 Å². The van der Waals surface area contributed by atoms with Crippen LogP contribution in [0, 0.1) is 11.8 Å². The van der Waals surface area contributed by atoms with E-state index < -0.39 is 11.8 Å². The first-order chi connectivity index (χ1) is 8.82. The highest BCUT2D eigenvalue weighted by molar-refractivity contribution is 5.89. The molecule has 108 valence electrons. The zero-order valence-electron chi connectivity index (χ0n) is 11.2. The molecule has 0 spiro atoms. The van der Waals surface area contributed by atoms with E-state index in [0.717, 1.165) is 17.7 Å². The Morgan fingerprint density at radius 1 is 1.11 bits per heavy atom. The molecule has 0 saturated heterocycles. The summed E-state index contributed by atoms with van der Waals surface area (Å²) < 4.78 is 0. The van der Waals surface area contributed by atoms with Gasteiger partial charge >= 0.3 is 0 Å². The molecule has 1 fully saturated rings. The summed E-state index contributed by atoms with van der Waals surface area (Å²) in [7, 11) is 0. The van der Waals surface area contributed by atoms with Crippen LogP contribution in [0.15, 0.2) is 0 Å². The molecule has 19 heavy (non-hydrogen) atoms. The number of hydrogen-bond donors (Lipinski definition) is 3. The maximum atomic E-state index is 12.4. The SMILES string of the molecule is CC1CCCC(C(=O)N(CC(N)=O)CC(N)=O)C1N. The molecule has 3 amide bonds. The Balaban J connectivity index is 2.79. The molecule has 1 saturated carbocycles. The maximum Gasteiger partial charge on any atom is 0.237 e. The molecule has 7 nitrogen and oxygen atoms in total. The van der Waals surface area contributed by atoms with E-state index in [0.29, 0.717) is 6.42 Å². The molecule has 0 aliphatic heterocycles. The van der Waals surface area contributed by atoms with E-state index in [2.05, 4.69) is 0 Å². The molecule has 0 aromatic heterocycles. The monoisotopic (exact) mass is 270 g/mol. The minimum atomic E-state index is -0.674. The van der Waals surface area contributed by atoms with Crippen LogP contribution in [0.25, 0.3) is 0 Å². The zero-order chi connectivity index (χ0) is 14.6. The van der Waals surface area contributed by atoms with E-state index in [1.54, 1.807) is 0 Å². The first-order valence-corrected chi connectivity index (χ1v) is 6.44. The third kappa shape index (κ3) is 4.20. The topological polar surface area (TPSA) is 133 Å². The average molecular weight is 270 g/mol. The summed E-state index contributed by atoms with van der Waals surface area (Å²) in [5, 5.41) is 0. The Hall–Kier alpha value is -1.63. The first-order valence-electron chi connectivity index (χ1n) is 6.44. The fourth-order valence-electron chi connectivity index (χ4n) is 2.55. The predicted molar refractivity (Wildman–Crippen MR) is 69.4 cm³/mol. The smallest absolute Gasteiger partial charge is 0.237 e. The van der Waals surface area contributed by atoms with Gasteiger partial charge in [0.25, 0.3) is 0 Å². The Bertz CT molecular complexity index is 356. The van der Waals surface area contributed by atoms with Crippen molar-refractivity contribution < 1.29 is 14.4 Å². The highest BCUT2D eigenvalue weighted by atomic mass is 16.2. The predicted octanol–water partition coefficient (Wildman–Crippen LogP) is -1.45. The molecule has 1 aliphatic carbocycles. The van der Waals surface area contributed by atoms with E-state index >= 15 is 0 Å². The third-order valence-corrected chi connectivity index (χ3v) is 3.62. The number of nitrogens with two attached hydrogens (primary N) is 3. The molecule has 0 radical (unpaired) electrons. The molecule has 7 heteroatoms. The molecule has 0 aromatic rings. The van der Waals surface area contributed by atoms with E-state index in [1.165, 1.54) is 0 Å². The van der Waals surface area contributed by atoms with Crippen molar-refractivity contribution in [3.05, 3.63) is 0 Å². The van der Waals surface area contributed by atoms with Crippen LogP contribution in [0.4, 0.5) is 0 Å². The van der Waals surface area contributed by atoms with Gasteiger partial charge in [-0.3, -0.25) is 14.4 Å². The quantitative estimate of drug-likeness (QED) is 0.563. The Kier molecular flexibility index (Phi) is 5.29. The molecule has 3 unspecified atom stereocenters. The van der Waals surface area contributed by atoms with Crippen molar-refractivity contribution >= 4 is 17.7 Å². The average Bonchev–Trinajstić information content (AvgIpc) is 2.30. The fraction of sp³-hybridized carbons (Fsp3) is 0.750. The van der Waals surface area contributed by atoms with Crippen molar-refractivity contribution in [2.45, 2.75) is 32.2 Å². The van der Waals surface area contributed by atoms with E-state index in [9.17, 15) is 14.4 Å². The van der Waals surface area contributed by atoms with Gasteiger partial charge in [0.1, 0.15) is 0 Å². The largest absolute Gasteiger partial charge is 0.368 e. The lowest BCUT2D eigenvalue weighted by molar-refractivity contribution is -0.143. The second kappa shape index (κ2) is 6.51. The van der Waals surface area contributed by atoms with Gasteiger partial charge < -0.3 is 22.1 Å². The van der Waals surface area contributed by atoms with Crippen molar-refractivity contribution in [1.29, 1.82) is 0 Å². The van der Waals surface area contributed by atoms with E-state index in [-0.39, 0.29) is 36.9 Å². The lowest BCUT2D eigenvalue weighted by atomic mass is 9.77. The minimum absolute atomic E-state index is 0.242. The number of carbonyl (C=O) groups excluding carboxylic acids is 3. The van der Waals surface area contributed by atoms with E-state index in [4.69, 9.17) is 17.2 Å². The molecule has 0 aromatic carbocycles. The number of nitrogens with zero attached hydrogens (tertiary/aromatic N) is 1. The van der Waals surface area contributed by atoms with Crippen LogP contribution in [-0.4, -0.2) is 41.8 Å². The molecule has 1 aliphatic rings. The van der Waals surface area contributed by atoms with Crippen molar-refractivity contribution in [3.8, 4) is 0 Å². The summed E-state index contributed by atoms with van der Waals surface area (Å²) in [6, 6.07) is -0.260. The van der Waals surface area contributed by atoms with Crippen molar-refractivity contribution in [2.24, 2.45) is 29.0 Å². The molecule has 0 bridgehead atoms. The van der Waals surface area contributed by atoms with Gasteiger partial charge in [-0.2, -0.15) is 0 Å². The number of hydrogen-bond acceptors (Lipinski definition) is 4. The fourth-order valence-corrected chi connectivity index (χ4v) is 2.55. The van der Waals surface area contributed by atoms with Crippen LogP contribution in [0.1, 0.15) is 26.2 Å². The number of rotatable bonds is 5. The van der Waals surface area contributed by atoms with Gasteiger partial charge in [0.2, 0.25) is 17.7 Å². The molecular formula is C12H22N4O3. The summed E-state index contributed by atoms with van der Waals surface area (Å²) in [5.74, 6) is -1.79. The van der Waals surface area contributed by atoms with Crippen LogP contribution < -0.4 is 17.2 Å². The van der Waals surface area contributed by atoms with Crippen molar-refractivity contribution in [3.63, 3.8) is 0 Å². The molecular weight excluding hydrogens is 248 g/mol. The van der Waals surface area contributed by atoms with E-state index in [1.807, 2.05) is 6.92 Å². The van der Waals surface area contributed by atoms with Gasteiger partial charge in [0, 0.05) is 6.04 Å². The summed E-state index contributed by atoms with van der Waals surface area (Å²) in [6.45, 7) is 1.38. The lowest BCUT2D eigenvalue weighted by Crippen LogP contribution is -2.52. The first kappa shape index (κ1) is 15.4. The standard InChI is InChI=1S/C12H22N4O3/c1-7-3-2-4-8(11(7)15)12(19)16(5-9(13)17)6-10(14)18/h7-8,11H,2-6,15H2,1H3,(H2,13,17)(H2,14,18). The molecule has 1 rings (SSSR count). The second-order valence-electron chi connectivity index (χ2n) is 5.22. The second-order valence-corrected chi connectivity index (χ2v) is 5.22. The van der Waals surface area contributed by atoms with Gasteiger partial charge in [-0.05, 0) is 18.8 Å². The van der Waals surface area contributed by atoms with Gasteiger partial charge in [-0.25, -0.2) is 0 Å². The normalized spacial score (nSPS) is 26.7. The van der Waals surface area contributed by atoms with Crippen LogP contribution in [0.3, 0.4) is 0 Å². The summed E-state index contributed by atoms with van der Waals surface area (Å²) in [4.78, 5) is 35.4. The highest BCUT2D eigenvalue weighted by Gasteiger charge is 2.35. The molecule has 0 heterocycles. The third-order valence-electron chi connectivity index (χ3n) is 3.62. The van der Waals surface area contributed by atoms with Crippen molar-refractivity contribution in [1.82, 2.24) is 4.90 Å².